The van der Waals surface area contributed by atoms with Gasteiger partial charge in [0, 0.05) is 6.04 Å². The fourth-order valence-corrected chi connectivity index (χ4v) is 3.46. The van der Waals surface area contributed by atoms with E-state index in [0.717, 1.165) is 24.1 Å². The Labute approximate surface area is 139 Å². The van der Waals surface area contributed by atoms with E-state index in [1.54, 1.807) is 18.3 Å². The first-order valence-electron chi connectivity index (χ1n) is 7.94. The van der Waals surface area contributed by atoms with E-state index in [1.807, 2.05) is 0 Å². The smallest absolute Gasteiger partial charge is 0.230 e. The lowest BCUT2D eigenvalue weighted by Crippen LogP contribution is -2.37. The molecule has 0 unspecified atom stereocenters. The van der Waals surface area contributed by atoms with E-state index in [1.165, 1.54) is 43.2 Å². The number of hydrogen-bond acceptors (Lipinski definition) is 3. The summed E-state index contributed by atoms with van der Waals surface area (Å²) in [5.41, 5.74) is 1.69. The maximum absolute atomic E-state index is 12.9. The molecule has 1 fully saturated rings. The number of hydrogen-bond donors (Lipinski definition) is 2. The van der Waals surface area contributed by atoms with E-state index in [0.29, 0.717) is 17.0 Å². The second kappa shape index (κ2) is 7.64. The van der Waals surface area contributed by atoms with Crippen LogP contribution in [0.1, 0.15) is 32.1 Å². The van der Waals surface area contributed by atoms with Crippen LogP contribution in [-0.2, 0) is 4.79 Å². The van der Waals surface area contributed by atoms with Crippen molar-refractivity contribution in [2.24, 2.45) is 0 Å². The number of nitrogens with zero attached hydrogens (tertiary/aromatic N) is 1. The Bertz CT molecular complexity index is 650. The zero-order valence-electron chi connectivity index (χ0n) is 12.8. The number of carbonyl (C=O) groups is 1. The molecule has 0 aliphatic heterocycles. The quantitative estimate of drug-likeness (QED) is 0.819. The van der Waals surface area contributed by atoms with Gasteiger partial charge in [0.2, 0.25) is 5.91 Å². The van der Waals surface area contributed by atoms with Gasteiger partial charge in [0.05, 0.1) is 17.6 Å². The molecule has 122 valence electrons. The molecule has 1 heterocycles. The number of benzene rings is 1. The van der Waals surface area contributed by atoms with Gasteiger partial charge in [0.15, 0.2) is 5.16 Å². The minimum absolute atomic E-state index is 0.0571. The Balaban J connectivity index is 1.50. The van der Waals surface area contributed by atoms with Crippen molar-refractivity contribution in [2.45, 2.75) is 43.3 Å². The van der Waals surface area contributed by atoms with Gasteiger partial charge in [-0.05, 0) is 42.7 Å². The van der Waals surface area contributed by atoms with Crippen LogP contribution in [0.4, 0.5) is 4.39 Å². The second-order valence-electron chi connectivity index (χ2n) is 5.80. The highest BCUT2D eigenvalue weighted by Gasteiger charge is 2.16. The summed E-state index contributed by atoms with van der Waals surface area (Å²) >= 11 is 1.38. The van der Waals surface area contributed by atoms with Crippen molar-refractivity contribution in [1.29, 1.82) is 0 Å². The average molecular weight is 333 g/mol. The van der Waals surface area contributed by atoms with Crippen molar-refractivity contribution in [1.82, 2.24) is 15.3 Å². The normalized spacial score (nSPS) is 15.5. The fraction of sp³-hybridized carbons (Fsp3) is 0.412. The third kappa shape index (κ3) is 4.58. The van der Waals surface area contributed by atoms with Gasteiger partial charge >= 0.3 is 0 Å². The highest BCUT2D eigenvalue weighted by atomic mass is 32.2. The molecule has 1 amide bonds. The SMILES string of the molecule is O=C(CSc1ncc(-c2ccc(F)cc2)[nH]1)NC1CCCCC1. The number of imidazole rings is 1. The predicted molar refractivity (Wildman–Crippen MR) is 89.7 cm³/mol. The van der Waals surface area contributed by atoms with Crippen molar-refractivity contribution in [2.75, 3.05) is 5.75 Å². The molecule has 0 radical (unpaired) electrons. The van der Waals surface area contributed by atoms with E-state index in [-0.39, 0.29) is 11.7 Å². The fourth-order valence-electron chi connectivity index (χ4n) is 2.80. The second-order valence-corrected chi connectivity index (χ2v) is 6.76. The summed E-state index contributed by atoms with van der Waals surface area (Å²) in [4.78, 5) is 19.4. The van der Waals surface area contributed by atoms with Crippen LogP contribution in [0.15, 0.2) is 35.6 Å². The molecule has 0 atom stereocenters. The minimum Gasteiger partial charge on any atom is -0.353 e. The first-order chi connectivity index (χ1) is 11.2. The number of amides is 1. The summed E-state index contributed by atoms with van der Waals surface area (Å²) in [6, 6.07) is 6.57. The molecule has 2 N–H and O–H groups in total. The lowest BCUT2D eigenvalue weighted by molar-refractivity contribution is -0.119. The number of halogens is 1. The van der Waals surface area contributed by atoms with E-state index in [4.69, 9.17) is 0 Å². The van der Waals surface area contributed by atoms with Crippen molar-refractivity contribution < 1.29 is 9.18 Å². The number of rotatable bonds is 5. The lowest BCUT2D eigenvalue weighted by atomic mass is 9.95. The van der Waals surface area contributed by atoms with Crippen molar-refractivity contribution in [3.63, 3.8) is 0 Å². The van der Waals surface area contributed by atoms with Gasteiger partial charge in [-0.1, -0.05) is 31.0 Å². The van der Waals surface area contributed by atoms with Crippen LogP contribution in [0.25, 0.3) is 11.3 Å². The molecule has 2 aromatic rings. The van der Waals surface area contributed by atoms with Gasteiger partial charge in [0.1, 0.15) is 5.82 Å². The van der Waals surface area contributed by atoms with Crippen molar-refractivity contribution >= 4 is 17.7 Å². The molecular weight excluding hydrogens is 313 g/mol. The van der Waals surface area contributed by atoms with Crippen LogP contribution in [-0.4, -0.2) is 27.7 Å². The summed E-state index contributed by atoms with van der Waals surface area (Å²) in [6.07, 6.45) is 7.57. The van der Waals surface area contributed by atoms with E-state index < -0.39 is 0 Å². The molecule has 0 saturated heterocycles. The molecular formula is C17H20FN3OS. The standard InChI is InChI=1S/C17H20FN3OS/c18-13-8-6-12(7-9-13)15-10-19-17(21-15)23-11-16(22)20-14-4-2-1-3-5-14/h6-10,14H,1-5,11H2,(H,19,21)(H,20,22). The van der Waals surface area contributed by atoms with Gasteiger partial charge < -0.3 is 10.3 Å². The highest BCUT2D eigenvalue weighted by molar-refractivity contribution is 7.99. The maximum Gasteiger partial charge on any atom is 0.230 e. The molecule has 1 aliphatic rings. The molecule has 0 spiro atoms. The Hall–Kier alpha value is -1.82. The van der Waals surface area contributed by atoms with E-state index in [9.17, 15) is 9.18 Å². The Morgan fingerprint density at radius 3 is 2.74 bits per heavy atom. The zero-order chi connectivity index (χ0) is 16.1. The van der Waals surface area contributed by atoms with Crippen molar-refractivity contribution in [3.05, 3.63) is 36.3 Å². The first-order valence-corrected chi connectivity index (χ1v) is 8.92. The molecule has 6 heteroatoms. The number of aromatic nitrogens is 2. The van der Waals surface area contributed by atoms with Crippen molar-refractivity contribution in [3.8, 4) is 11.3 Å². The number of H-pyrrole nitrogens is 1. The van der Waals surface area contributed by atoms with Gasteiger partial charge in [-0.25, -0.2) is 9.37 Å². The van der Waals surface area contributed by atoms with Crippen LogP contribution in [0.2, 0.25) is 0 Å². The zero-order valence-corrected chi connectivity index (χ0v) is 13.7. The largest absolute Gasteiger partial charge is 0.353 e. The minimum atomic E-state index is -0.262. The van der Waals surface area contributed by atoms with E-state index >= 15 is 0 Å². The third-order valence-electron chi connectivity index (χ3n) is 4.02. The third-order valence-corrected chi connectivity index (χ3v) is 4.91. The summed E-state index contributed by atoms with van der Waals surface area (Å²) in [5, 5.41) is 3.79. The molecule has 1 aromatic heterocycles. The number of thioether (sulfide) groups is 1. The topological polar surface area (TPSA) is 57.8 Å². The van der Waals surface area contributed by atoms with E-state index in [2.05, 4.69) is 15.3 Å². The number of aromatic amines is 1. The Morgan fingerprint density at radius 1 is 1.26 bits per heavy atom. The molecule has 4 nitrogen and oxygen atoms in total. The summed E-state index contributed by atoms with van der Waals surface area (Å²) < 4.78 is 12.9. The maximum atomic E-state index is 12.9. The van der Waals surface area contributed by atoms with Crippen LogP contribution < -0.4 is 5.32 Å². The highest BCUT2D eigenvalue weighted by Crippen LogP contribution is 2.22. The molecule has 1 aromatic carbocycles. The number of nitrogens with one attached hydrogen (secondary N) is 2. The van der Waals surface area contributed by atoms with Crippen LogP contribution in [0.5, 0.6) is 0 Å². The number of carbonyl (C=O) groups excluding carboxylic acids is 1. The summed E-state index contributed by atoms with van der Waals surface area (Å²) in [7, 11) is 0. The predicted octanol–water partition coefficient (Wildman–Crippen LogP) is 3.76. The summed E-state index contributed by atoms with van der Waals surface area (Å²) in [6.45, 7) is 0. The van der Waals surface area contributed by atoms with Gasteiger partial charge in [-0.3, -0.25) is 4.79 Å². The van der Waals surface area contributed by atoms with Crippen LogP contribution in [0.3, 0.4) is 0 Å². The van der Waals surface area contributed by atoms with Gasteiger partial charge in [-0.2, -0.15) is 0 Å². The first kappa shape index (κ1) is 16.1. The summed E-state index contributed by atoms with van der Waals surface area (Å²) in [5.74, 6) is 0.149. The van der Waals surface area contributed by atoms with Gasteiger partial charge in [-0.15, -0.1) is 0 Å². The molecule has 23 heavy (non-hydrogen) atoms. The molecule has 0 bridgehead atoms. The Morgan fingerprint density at radius 2 is 2.00 bits per heavy atom. The Kier molecular flexibility index (Phi) is 5.33. The monoisotopic (exact) mass is 333 g/mol. The van der Waals surface area contributed by atoms with Crippen LogP contribution >= 0.6 is 11.8 Å². The van der Waals surface area contributed by atoms with Gasteiger partial charge in [0.25, 0.3) is 0 Å². The molecule has 1 saturated carbocycles. The van der Waals surface area contributed by atoms with Crippen LogP contribution in [0, 0.1) is 5.82 Å². The molecule has 3 rings (SSSR count). The molecule has 1 aliphatic carbocycles. The lowest BCUT2D eigenvalue weighted by Gasteiger charge is -2.22. The average Bonchev–Trinajstić information content (AvgIpc) is 3.04.